The zero-order valence-electron chi connectivity index (χ0n) is 18.2. The van der Waals surface area contributed by atoms with Crippen molar-refractivity contribution in [1.29, 1.82) is 0 Å². The van der Waals surface area contributed by atoms with Gasteiger partial charge in [-0.25, -0.2) is 9.97 Å². The molecule has 0 aromatic carbocycles. The number of aryl methyl sites for hydroxylation is 2. The number of rotatable bonds is 5. The summed E-state index contributed by atoms with van der Waals surface area (Å²) in [4.78, 5) is 20.0. The van der Waals surface area contributed by atoms with Crippen LogP contribution >= 0.6 is 11.3 Å². The molecule has 5 rings (SSSR count). The Balaban J connectivity index is 1.35. The van der Waals surface area contributed by atoms with Gasteiger partial charge in [-0.3, -0.25) is 9.80 Å². The van der Waals surface area contributed by atoms with Crippen molar-refractivity contribution in [3.63, 3.8) is 0 Å². The molecule has 3 fully saturated rings. The molecule has 3 aliphatic heterocycles. The van der Waals surface area contributed by atoms with Crippen LogP contribution in [0.5, 0.6) is 0 Å². The van der Waals surface area contributed by atoms with Gasteiger partial charge < -0.3 is 14.4 Å². The summed E-state index contributed by atoms with van der Waals surface area (Å²) in [6, 6.07) is 0. The second kappa shape index (κ2) is 9.04. The zero-order chi connectivity index (χ0) is 20.5. The van der Waals surface area contributed by atoms with Gasteiger partial charge in [0.1, 0.15) is 16.5 Å². The molecule has 0 radical (unpaired) electrons. The summed E-state index contributed by atoms with van der Waals surface area (Å²) in [6.45, 7) is 15.0. The number of nitrogens with zero attached hydrogens (tertiary/aromatic N) is 5. The van der Waals surface area contributed by atoms with Crippen LogP contribution in [-0.2, 0) is 16.0 Å². The average molecular weight is 432 g/mol. The van der Waals surface area contributed by atoms with Crippen molar-refractivity contribution in [2.24, 2.45) is 0 Å². The quantitative estimate of drug-likeness (QED) is 0.721. The standard InChI is InChI=1S/C22H33N5O2S/c1-16-17(2)30-22-20(16)21(23-19(24-22)15-26-9-12-28-13-10-26)27-7-5-25(6-8-27)14-18-4-3-11-29-18/h18H,3-15H2,1-2H3. The highest BCUT2D eigenvalue weighted by atomic mass is 32.1. The number of hydrogen-bond acceptors (Lipinski definition) is 8. The highest BCUT2D eigenvalue weighted by Gasteiger charge is 2.26. The number of anilines is 1. The molecule has 0 amide bonds. The second-order valence-corrected chi connectivity index (χ2v) is 9.94. The van der Waals surface area contributed by atoms with E-state index in [0.29, 0.717) is 6.10 Å². The monoisotopic (exact) mass is 431 g/mol. The SMILES string of the molecule is Cc1sc2nc(CN3CCOCC3)nc(N3CCN(CC4CCCO4)CC3)c2c1C. The Hall–Kier alpha value is -1.32. The molecule has 0 aliphatic carbocycles. The van der Waals surface area contributed by atoms with Crippen molar-refractivity contribution < 1.29 is 9.47 Å². The lowest BCUT2D eigenvalue weighted by Crippen LogP contribution is -2.49. The highest BCUT2D eigenvalue weighted by Crippen LogP contribution is 2.35. The van der Waals surface area contributed by atoms with E-state index in [-0.39, 0.29) is 0 Å². The van der Waals surface area contributed by atoms with Gasteiger partial charge in [0.05, 0.1) is 31.2 Å². The van der Waals surface area contributed by atoms with E-state index in [2.05, 4.69) is 28.5 Å². The Morgan fingerprint density at radius 2 is 1.77 bits per heavy atom. The Morgan fingerprint density at radius 1 is 0.967 bits per heavy atom. The van der Waals surface area contributed by atoms with Crippen molar-refractivity contribution >= 4 is 27.4 Å². The van der Waals surface area contributed by atoms with Crippen LogP contribution in [0.25, 0.3) is 10.2 Å². The van der Waals surface area contributed by atoms with Crippen LogP contribution in [0.15, 0.2) is 0 Å². The molecule has 0 bridgehead atoms. The van der Waals surface area contributed by atoms with Crippen LogP contribution < -0.4 is 4.90 Å². The first kappa shape index (κ1) is 20.6. The van der Waals surface area contributed by atoms with Crippen molar-refractivity contribution in [2.45, 2.75) is 39.3 Å². The van der Waals surface area contributed by atoms with Crippen molar-refractivity contribution in [3.05, 3.63) is 16.3 Å². The van der Waals surface area contributed by atoms with Crippen LogP contribution in [0.4, 0.5) is 5.82 Å². The topological polar surface area (TPSA) is 54.0 Å². The summed E-state index contributed by atoms with van der Waals surface area (Å²) in [5.41, 5.74) is 1.34. The molecule has 0 saturated carbocycles. The van der Waals surface area contributed by atoms with Crippen LogP contribution in [0.2, 0.25) is 0 Å². The molecule has 5 heterocycles. The predicted molar refractivity (Wildman–Crippen MR) is 121 cm³/mol. The minimum absolute atomic E-state index is 0.434. The van der Waals surface area contributed by atoms with Gasteiger partial charge in [-0.1, -0.05) is 0 Å². The van der Waals surface area contributed by atoms with Gasteiger partial charge in [0, 0.05) is 57.3 Å². The van der Waals surface area contributed by atoms with Crippen LogP contribution in [0.1, 0.15) is 29.1 Å². The van der Waals surface area contributed by atoms with Crippen LogP contribution in [-0.4, -0.2) is 91.5 Å². The first-order chi connectivity index (χ1) is 14.7. The van der Waals surface area contributed by atoms with E-state index in [1.54, 1.807) is 0 Å². The fourth-order valence-electron chi connectivity index (χ4n) is 4.75. The number of ether oxygens (including phenoxy) is 2. The largest absolute Gasteiger partial charge is 0.379 e. The van der Waals surface area contributed by atoms with Crippen LogP contribution in [0, 0.1) is 13.8 Å². The highest BCUT2D eigenvalue weighted by molar-refractivity contribution is 7.18. The smallest absolute Gasteiger partial charge is 0.146 e. The maximum absolute atomic E-state index is 5.84. The molecule has 2 aromatic heterocycles. The first-order valence-corrected chi connectivity index (χ1v) is 12.1. The molecular formula is C22H33N5O2S. The zero-order valence-corrected chi connectivity index (χ0v) is 19.0. The van der Waals surface area contributed by atoms with Gasteiger partial charge >= 0.3 is 0 Å². The minimum atomic E-state index is 0.434. The molecule has 1 atom stereocenters. The number of morpholine rings is 1. The van der Waals surface area contributed by atoms with Gasteiger partial charge in [-0.2, -0.15) is 0 Å². The predicted octanol–water partition coefficient (Wildman–Crippen LogP) is 2.44. The van der Waals surface area contributed by atoms with E-state index >= 15 is 0 Å². The molecule has 1 unspecified atom stereocenters. The Labute approximate surface area is 183 Å². The molecule has 3 saturated heterocycles. The lowest BCUT2D eigenvalue weighted by molar-refractivity contribution is 0.0331. The van der Waals surface area contributed by atoms with Crippen molar-refractivity contribution in [3.8, 4) is 0 Å². The van der Waals surface area contributed by atoms with E-state index in [0.717, 1.165) is 88.7 Å². The lowest BCUT2D eigenvalue weighted by Gasteiger charge is -2.36. The summed E-state index contributed by atoms with van der Waals surface area (Å²) in [6.07, 6.45) is 2.86. The van der Waals surface area contributed by atoms with Crippen LogP contribution in [0.3, 0.4) is 0 Å². The molecule has 0 N–H and O–H groups in total. The molecule has 164 valence electrons. The molecule has 7 nitrogen and oxygen atoms in total. The average Bonchev–Trinajstić information content (AvgIpc) is 3.37. The van der Waals surface area contributed by atoms with E-state index < -0.39 is 0 Å². The number of fused-ring (bicyclic) bond motifs is 1. The Morgan fingerprint density at radius 3 is 2.50 bits per heavy atom. The Bertz CT molecular complexity index is 868. The second-order valence-electron chi connectivity index (χ2n) is 8.74. The molecule has 3 aliphatic rings. The number of thiophene rings is 1. The summed E-state index contributed by atoms with van der Waals surface area (Å²) < 4.78 is 11.3. The number of piperazine rings is 1. The maximum atomic E-state index is 5.84. The maximum Gasteiger partial charge on any atom is 0.146 e. The fourth-order valence-corrected chi connectivity index (χ4v) is 5.79. The van der Waals surface area contributed by atoms with E-state index in [1.165, 1.54) is 28.7 Å². The fraction of sp³-hybridized carbons (Fsp3) is 0.727. The van der Waals surface area contributed by atoms with E-state index in [9.17, 15) is 0 Å². The third-order valence-electron chi connectivity index (χ3n) is 6.68. The minimum Gasteiger partial charge on any atom is -0.379 e. The van der Waals surface area contributed by atoms with Crippen molar-refractivity contribution in [2.75, 3.05) is 70.5 Å². The molecule has 30 heavy (non-hydrogen) atoms. The third-order valence-corrected chi connectivity index (χ3v) is 7.78. The summed E-state index contributed by atoms with van der Waals surface area (Å²) >= 11 is 1.81. The third kappa shape index (κ3) is 4.34. The van der Waals surface area contributed by atoms with E-state index in [1.807, 2.05) is 11.3 Å². The number of aromatic nitrogens is 2. The Kier molecular flexibility index (Phi) is 6.20. The summed E-state index contributed by atoms with van der Waals surface area (Å²) in [5.74, 6) is 2.09. The molecule has 2 aromatic rings. The molecular weight excluding hydrogens is 398 g/mol. The molecule has 8 heteroatoms. The van der Waals surface area contributed by atoms with Gasteiger partial charge in [0.25, 0.3) is 0 Å². The first-order valence-electron chi connectivity index (χ1n) is 11.3. The normalized spacial score (nSPS) is 24.2. The molecule has 0 spiro atoms. The van der Waals surface area contributed by atoms with Gasteiger partial charge in [-0.15, -0.1) is 11.3 Å². The van der Waals surface area contributed by atoms with Gasteiger partial charge in [0.15, 0.2) is 0 Å². The summed E-state index contributed by atoms with van der Waals surface area (Å²) in [5, 5.41) is 1.26. The van der Waals surface area contributed by atoms with Gasteiger partial charge in [-0.05, 0) is 32.3 Å². The summed E-state index contributed by atoms with van der Waals surface area (Å²) in [7, 11) is 0. The lowest BCUT2D eigenvalue weighted by atomic mass is 10.1. The number of hydrogen-bond donors (Lipinski definition) is 0. The van der Waals surface area contributed by atoms with Gasteiger partial charge in [0.2, 0.25) is 0 Å². The van der Waals surface area contributed by atoms with Crippen molar-refractivity contribution in [1.82, 2.24) is 19.8 Å². The van der Waals surface area contributed by atoms with E-state index in [4.69, 9.17) is 19.4 Å².